The molecule has 3 heterocycles. The van der Waals surface area contributed by atoms with Crippen LogP contribution in [0.2, 0.25) is 0 Å². The molecule has 0 aliphatic rings. The second-order valence-corrected chi connectivity index (χ2v) is 13.3. The van der Waals surface area contributed by atoms with Crippen LogP contribution >= 0.6 is 0 Å². The normalized spacial score (nSPS) is 11.4. The molecule has 10 rings (SSSR count). The van der Waals surface area contributed by atoms with E-state index in [1.54, 1.807) is 0 Å². The topological polar surface area (TPSA) is 41.9 Å². The summed E-state index contributed by atoms with van der Waals surface area (Å²) in [5.74, 6) is 0. The molecule has 10 aromatic rings. The number of hydrogen-bond donors (Lipinski definition) is 0. The molecule has 0 saturated carbocycles. The third-order valence-corrected chi connectivity index (χ3v) is 10.0. The second-order valence-electron chi connectivity index (χ2n) is 13.3. The summed E-state index contributed by atoms with van der Waals surface area (Å²) in [4.78, 5) is 17.1. The van der Waals surface area contributed by atoms with Crippen LogP contribution in [0.5, 0.6) is 0 Å². The van der Waals surface area contributed by atoms with Crippen molar-refractivity contribution in [3.63, 3.8) is 0 Å². The Hall–Kier alpha value is -7.17. The predicted octanol–water partition coefficient (Wildman–Crippen LogP) is 13.0. The smallest absolute Gasteiger partial charge is 0.0972 e. The highest BCUT2D eigenvalue weighted by molar-refractivity contribution is 5.96. The third kappa shape index (κ3) is 5.73. The molecule has 0 saturated heterocycles. The van der Waals surface area contributed by atoms with Gasteiger partial charge in [0.05, 0.1) is 28.1 Å². The molecule has 0 unspecified atom stereocenters. The van der Waals surface area contributed by atoms with Crippen molar-refractivity contribution in [1.29, 1.82) is 0 Å². The van der Waals surface area contributed by atoms with E-state index in [9.17, 15) is 0 Å². The van der Waals surface area contributed by atoms with E-state index < -0.39 is 0 Å². The predicted molar refractivity (Wildman–Crippen MR) is 221 cm³/mol. The molecule has 0 fully saturated rings. The average molecular weight is 677 g/mol. The number of nitrogens with zero attached hydrogens (tertiary/aromatic N) is 4. The Morgan fingerprint density at radius 2 is 0.943 bits per heavy atom. The first-order valence-electron chi connectivity index (χ1n) is 17.8. The lowest BCUT2D eigenvalue weighted by Gasteiger charge is -2.26. The molecule has 0 radical (unpaired) electrons. The molecule has 0 atom stereocenters. The van der Waals surface area contributed by atoms with E-state index in [2.05, 4.69) is 163 Å². The van der Waals surface area contributed by atoms with Crippen LogP contribution in [-0.4, -0.2) is 15.0 Å². The van der Waals surface area contributed by atoms with Crippen LogP contribution in [0.1, 0.15) is 0 Å². The van der Waals surface area contributed by atoms with E-state index in [1.165, 1.54) is 16.2 Å². The largest absolute Gasteiger partial charge is 0.310 e. The van der Waals surface area contributed by atoms with Gasteiger partial charge >= 0.3 is 0 Å². The molecule has 0 aliphatic carbocycles. The fourth-order valence-corrected chi connectivity index (χ4v) is 7.33. The maximum absolute atomic E-state index is 5.16. The zero-order valence-electron chi connectivity index (χ0n) is 28.8. The Morgan fingerprint density at radius 1 is 0.340 bits per heavy atom. The van der Waals surface area contributed by atoms with Crippen molar-refractivity contribution in [2.45, 2.75) is 0 Å². The van der Waals surface area contributed by atoms with Crippen molar-refractivity contribution in [3.05, 3.63) is 194 Å². The molecule has 0 spiro atoms. The van der Waals surface area contributed by atoms with Gasteiger partial charge in [-0.3, -0.25) is 4.98 Å². The second kappa shape index (κ2) is 12.9. The van der Waals surface area contributed by atoms with Crippen LogP contribution < -0.4 is 4.90 Å². The summed E-state index contributed by atoms with van der Waals surface area (Å²) >= 11 is 0. The Kier molecular flexibility index (Phi) is 7.43. The zero-order valence-corrected chi connectivity index (χ0v) is 28.8. The highest BCUT2D eigenvalue weighted by atomic mass is 15.1. The maximum atomic E-state index is 5.16. The van der Waals surface area contributed by atoms with Gasteiger partial charge in [-0.05, 0) is 88.3 Å². The summed E-state index contributed by atoms with van der Waals surface area (Å²) in [6.07, 6.45) is 1.83. The molecule has 4 heteroatoms. The van der Waals surface area contributed by atoms with Crippen molar-refractivity contribution in [2.24, 2.45) is 0 Å². The number of aromatic nitrogens is 3. The number of hydrogen-bond acceptors (Lipinski definition) is 4. The summed E-state index contributed by atoms with van der Waals surface area (Å²) in [5, 5.41) is 6.95. The summed E-state index contributed by atoms with van der Waals surface area (Å²) in [6.45, 7) is 0. The minimum absolute atomic E-state index is 0.885. The molecular weight excluding hydrogens is 645 g/mol. The fraction of sp³-hybridized carbons (Fsp3) is 0. The van der Waals surface area contributed by atoms with Gasteiger partial charge in [-0.1, -0.05) is 121 Å². The van der Waals surface area contributed by atoms with Gasteiger partial charge in [-0.2, -0.15) is 0 Å². The van der Waals surface area contributed by atoms with Crippen molar-refractivity contribution < 1.29 is 0 Å². The number of para-hydroxylation sites is 1. The molecule has 3 aromatic heterocycles. The van der Waals surface area contributed by atoms with E-state index >= 15 is 0 Å². The van der Waals surface area contributed by atoms with Crippen LogP contribution in [0, 0.1) is 0 Å². The van der Waals surface area contributed by atoms with E-state index in [4.69, 9.17) is 15.0 Å². The molecular formula is C49H32N4. The number of pyridine rings is 3. The monoisotopic (exact) mass is 676 g/mol. The molecule has 0 amide bonds. The van der Waals surface area contributed by atoms with Gasteiger partial charge in [0.1, 0.15) is 0 Å². The summed E-state index contributed by atoms with van der Waals surface area (Å²) in [6, 6.07) is 66.3. The van der Waals surface area contributed by atoms with Crippen LogP contribution in [0.4, 0.5) is 17.1 Å². The van der Waals surface area contributed by atoms with E-state index in [0.717, 1.165) is 78.0 Å². The molecule has 0 aliphatic heterocycles. The van der Waals surface area contributed by atoms with Gasteiger partial charge in [0.2, 0.25) is 0 Å². The van der Waals surface area contributed by atoms with Crippen LogP contribution in [-0.2, 0) is 0 Å². The van der Waals surface area contributed by atoms with Crippen LogP contribution in [0.25, 0.3) is 77.1 Å². The van der Waals surface area contributed by atoms with Gasteiger partial charge in [-0.25, -0.2) is 9.97 Å². The summed E-state index contributed by atoms with van der Waals surface area (Å²) in [5.41, 5.74) is 11.1. The SMILES string of the molecule is c1ccc(-c2nc(-c3ccc(N(c4ccc5ccccc5c4)c4ccc5cc(-c6ccc7ccccc7n6)ccc5c4)cc3)cc3cccnc23)cc1. The van der Waals surface area contributed by atoms with E-state index in [-0.39, 0.29) is 0 Å². The van der Waals surface area contributed by atoms with Gasteiger partial charge in [-0.15, -0.1) is 0 Å². The first-order valence-corrected chi connectivity index (χ1v) is 17.8. The van der Waals surface area contributed by atoms with Crippen molar-refractivity contribution in [3.8, 4) is 33.8 Å². The molecule has 248 valence electrons. The molecule has 53 heavy (non-hydrogen) atoms. The Morgan fingerprint density at radius 3 is 1.77 bits per heavy atom. The van der Waals surface area contributed by atoms with Gasteiger partial charge in [0.15, 0.2) is 0 Å². The van der Waals surface area contributed by atoms with E-state index in [1.807, 2.05) is 36.5 Å². The minimum atomic E-state index is 0.885. The lowest BCUT2D eigenvalue weighted by Crippen LogP contribution is -2.10. The lowest BCUT2D eigenvalue weighted by molar-refractivity contribution is 1.28. The first-order chi connectivity index (χ1) is 26.2. The summed E-state index contributed by atoms with van der Waals surface area (Å²) in [7, 11) is 0. The minimum Gasteiger partial charge on any atom is -0.310 e. The molecule has 0 N–H and O–H groups in total. The standard InChI is InChI=1S/C49H32N4/c1-2-11-36(12-3-1)49-48-41(14-8-28-50-48)32-47(52-49)35-19-23-42(24-20-35)53(43-25-18-33-9-4-5-13-37(33)30-43)44-26-21-38-29-40(17-16-39(38)31-44)46-27-22-34-10-6-7-15-45(34)51-46/h1-32H. The third-order valence-electron chi connectivity index (χ3n) is 10.0. The maximum Gasteiger partial charge on any atom is 0.0972 e. The van der Waals surface area contributed by atoms with Gasteiger partial charge in [0.25, 0.3) is 0 Å². The molecule has 0 bridgehead atoms. The zero-order chi connectivity index (χ0) is 35.1. The molecule has 7 aromatic carbocycles. The Bertz CT molecular complexity index is 2950. The fourth-order valence-electron chi connectivity index (χ4n) is 7.33. The number of rotatable bonds is 6. The number of anilines is 3. The molecule has 4 nitrogen and oxygen atoms in total. The quantitative estimate of drug-likeness (QED) is 0.176. The average Bonchev–Trinajstić information content (AvgIpc) is 3.23. The summed E-state index contributed by atoms with van der Waals surface area (Å²) < 4.78 is 0. The van der Waals surface area contributed by atoms with Crippen molar-refractivity contribution in [1.82, 2.24) is 15.0 Å². The Labute approximate surface area is 307 Å². The number of benzene rings is 7. The van der Waals surface area contributed by atoms with Gasteiger partial charge in [0, 0.05) is 50.7 Å². The van der Waals surface area contributed by atoms with Crippen LogP contribution in [0.3, 0.4) is 0 Å². The highest BCUT2D eigenvalue weighted by Gasteiger charge is 2.16. The Balaban J connectivity index is 1.06. The first kappa shape index (κ1) is 30.6. The van der Waals surface area contributed by atoms with Crippen LogP contribution in [0.15, 0.2) is 194 Å². The highest BCUT2D eigenvalue weighted by Crippen LogP contribution is 2.39. The van der Waals surface area contributed by atoms with Gasteiger partial charge < -0.3 is 4.90 Å². The van der Waals surface area contributed by atoms with Crippen molar-refractivity contribution >= 4 is 60.4 Å². The van der Waals surface area contributed by atoms with E-state index in [0.29, 0.717) is 0 Å². The lowest BCUT2D eigenvalue weighted by atomic mass is 10.0. The number of fused-ring (bicyclic) bond motifs is 4. The van der Waals surface area contributed by atoms with Crippen molar-refractivity contribution in [2.75, 3.05) is 4.90 Å².